The topological polar surface area (TPSA) is 53.1 Å². The highest BCUT2D eigenvalue weighted by atomic mass is 32.1. The zero-order chi connectivity index (χ0) is 16.7. The minimum absolute atomic E-state index is 0.106. The largest absolute Gasteiger partial charge is 0.507 e. The van der Waals surface area contributed by atoms with E-state index < -0.39 is 0 Å². The monoisotopic (exact) mass is 331 g/mol. The van der Waals surface area contributed by atoms with E-state index in [4.69, 9.17) is 6.42 Å². The maximum Gasteiger partial charge on any atom is 0.266 e. The van der Waals surface area contributed by atoms with Crippen LogP contribution in [0.25, 0.3) is 32.1 Å². The van der Waals surface area contributed by atoms with E-state index in [1.54, 1.807) is 12.1 Å². The second kappa shape index (κ2) is 5.55. The van der Waals surface area contributed by atoms with Crippen molar-refractivity contribution in [3.63, 3.8) is 0 Å². The summed E-state index contributed by atoms with van der Waals surface area (Å²) in [4.78, 5) is 15.1. The van der Waals surface area contributed by atoms with Gasteiger partial charge in [-0.25, -0.2) is 0 Å². The number of fused-ring (bicyclic) bond motifs is 3. The van der Waals surface area contributed by atoms with E-state index in [1.807, 2.05) is 35.7 Å². The zero-order valence-electron chi connectivity index (χ0n) is 12.7. The molecule has 0 aliphatic rings. The Morgan fingerprint density at radius 1 is 1.21 bits per heavy atom. The molecule has 0 spiro atoms. The fourth-order valence-corrected chi connectivity index (χ4v) is 3.88. The van der Waals surface area contributed by atoms with Crippen LogP contribution in [0.15, 0.2) is 52.6 Å². The molecule has 2 N–H and O–H groups in total. The van der Waals surface area contributed by atoms with Crippen LogP contribution in [0, 0.1) is 12.3 Å². The van der Waals surface area contributed by atoms with Crippen molar-refractivity contribution in [1.82, 2.24) is 4.98 Å². The van der Waals surface area contributed by atoms with Crippen molar-refractivity contribution in [2.75, 3.05) is 0 Å². The Labute approximate surface area is 142 Å². The number of nitrogens with one attached hydrogen (secondary N) is 1. The van der Waals surface area contributed by atoms with Crippen LogP contribution < -0.4 is 5.56 Å². The molecule has 4 heteroatoms. The van der Waals surface area contributed by atoms with Gasteiger partial charge in [0.05, 0.1) is 0 Å². The van der Waals surface area contributed by atoms with Crippen LogP contribution in [0.4, 0.5) is 0 Å². The molecule has 24 heavy (non-hydrogen) atoms. The number of aromatic amines is 1. The highest BCUT2D eigenvalue weighted by molar-refractivity contribution is 7.17. The van der Waals surface area contributed by atoms with Crippen molar-refractivity contribution >= 4 is 32.3 Å². The predicted molar refractivity (Wildman–Crippen MR) is 99.6 cm³/mol. The van der Waals surface area contributed by atoms with E-state index in [9.17, 15) is 9.90 Å². The summed E-state index contributed by atoms with van der Waals surface area (Å²) in [6.07, 6.45) is 5.94. The van der Waals surface area contributed by atoms with Crippen molar-refractivity contribution < 1.29 is 5.11 Å². The zero-order valence-corrected chi connectivity index (χ0v) is 13.5. The van der Waals surface area contributed by atoms with E-state index in [2.05, 4.69) is 10.9 Å². The van der Waals surface area contributed by atoms with Crippen molar-refractivity contribution in [3.8, 4) is 29.2 Å². The highest BCUT2D eigenvalue weighted by Crippen LogP contribution is 2.39. The van der Waals surface area contributed by atoms with Gasteiger partial charge in [0.25, 0.3) is 5.56 Å². The summed E-state index contributed by atoms with van der Waals surface area (Å²) in [5.74, 6) is 2.82. The van der Waals surface area contributed by atoms with Crippen LogP contribution in [0.5, 0.6) is 5.75 Å². The van der Waals surface area contributed by atoms with Gasteiger partial charge in [0.1, 0.15) is 10.4 Å². The predicted octanol–water partition coefficient (Wildman–Crippen LogP) is 4.29. The van der Waals surface area contributed by atoms with Gasteiger partial charge in [-0.1, -0.05) is 24.3 Å². The van der Waals surface area contributed by atoms with Crippen molar-refractivity contribution in [3.05, 3.63) is 63.8 Å². The third-order valence-corrected chi connectivity index (χ3v) is 5.01. The molecular weight excluding hydrogens is 318 g/mol. The lowest BCUT2D eigenvalue weighted by molar-refractivity contribution is 0.478. The molecule has 0 bridgehead atoms. The molecule has 0 atom stereocenters. The van der Waals surface area contributed by atoms with E-state index in [0.717, 1.165) is 21.9 Å². The van der Waals surface area contributed by atoms with Crippen molar-refractivity contribution in [2.24, 2.45) is 0 Å². The number of pyridine rings is 1. The molecule has 3 nitrogen and oxygen atoms in total. The molecule has 2 aromatic heterocycles. The average molecular weight is 331 g/mol. The Bertz CT molecular complexity index is 1180. The number of aromatic nitrogens is 1. The Morgan fingerprint density at radius 2 is 2.08 bits per heavy atom. The molecule has 0 radical (unpaired) electrons. The Morgan fingerprint density at radius 3 is 2.92 bits per heavy atom. The first-order valence-electron chi connectivity index (χ1n) is 7.47. The van der Waals surface area contributed by atoms with Gasteiger partial charge in [0, 0.05) is 28.3 Å². The number of hydrogen-bond acceptors (Lipinski definition) is 3. The van der Waals surface area contributed by atoms with Gasteiger partial charge < -0.3 is 10.1 Å². The Balaban J connectivity index is 2.14. The van der Waals surface area contributed by atoms with E-state index in [1.165, 1.54) is 11.3 Å². The second-order valence-electron chi connectivity index (χ2n) is 5.58. The number of aromatic hydroxyl groups is 1. The molecule has 2 aromatic carbocycles. The average Bonchev–Trinajstić information content (AvgIpc) is 3.06. The molecular formula is C20H13NO2S. The summed E-state index contributed by atoms with van der Waals surface area (Å²) >= 11 is 1.40. The first kappa shape index (κ1) is 14.6. The van der Waals surface area contributed by atoms with Crippen LogP contribution in [-0.2, 0) is 6.42 Å². The molecule has 2 heterocycles. The number of benzene rings is 2. The quantitative estimate of drug-likeness (QED) is 0.538. The number of H-pyrrole nitrogens is 1. The van der Waals surface area contributed by atoms with Crippen LogP contribution in [-0.4, -0.2) is 10.1 Å². The lowest BCUT2D eigenvalue weighted by Crippen LogP contribution is -2.04. The number of rotatable bonds is 2. The third-order valence-electron chi connectivity index (χ3n) is 4.09. The molecule has 0 unspecified atom stereocenters. The number of terminal acetylenes is 1. The van der Waals surface area contributed by atoms with Gasteiger partial charge in [-0.2, -0.15) is 0 Å². The molecule has 0 saturated carbocycles. The maximum absolute atomic E-state index is 12.2. The summed E-state index contributed by atoms with van der Waals surface area (Å²) in [5, 5.41) is 14.1. The lowest BCUT2D eigenvalue weighted by atomic mass is 9.95. The van der Waals surface area contributed by atoms with Gasteiger partial charge in [0.15, 0.2) is 0 Å². The minimum Gasteiger partial charge on any atom is -0.507 e. The molecule has 4 aromatic rings. The van der Waals surface area contributed by atoms with E-state index in [0.29, 0.717) is 22.2 Å². The van der Waals surface area contributed by atoms with Crippen LogP contribution >= 0.6 is 11.3 Å². The number of phenols is 1. The van der Waals surface area contributed by atoms with Gasteiger partial charge in [-0.15, -0.1) is 23.7 Å². The maximum atomic E-state index is 12.2. The van der Waals surface area contributed by atoms with Crippen molar-refractivity contribution in [2.45, 2.75) is 6.42 Å². The Kier molecular flexibility index (Phi) is 3.37. The van der Waals surface area contributed by atoms with E-state index in [-0.39, 0.29) is 11.3 Å². The summed E-state index contributed by atoms with van der Waals surface area (Å²) in [6.45, 7) is 0. The van der Waals surface area contributed by atoms with Gasteiger partial charge in [0.2, 0.25) is 0 Å². The number of thiophene rings is 1. The fraction of sp³-hybridized carbons (Fsp3) is 0.0500. The standard InChI is InChI=1S/C20H13NO2S/c1-2-4-12-5-3-6-13(11-12)17-16(22)8-7-15-18(17)14-9-10-24-19(14)20(23)21-15/h1,3,5-11,22H,4H2,(H,21,23). The molecule has 0 saturated heterocycles. The normalized spacial score (nSPS) is 11.0. The Hall–Kier alpha value is -3.03. The molecule has 0 aliphatic heterocycles. The number of phenolic OH excluding ortho intramolecular Hbond substituents is 1. The first-order valence-corrected chi connectivity index (χ1v) is 8.35. The SMILES string of the molecule is C#CCc1cccc(-c2c(O)ccc3[nH]c(=O)c4sccc4c23)c1. The smallest absolute Gasteiger partial charge is 0.266 e. The summed E-state index contributed by atoms with van der Waals surface area (Å²) in [7, 11) is 0. The van der Waals surface area contributed by atoms with Crippen LogP contribution in [0.2, 0.25) is 0 Å². The minimum atomic E-state index is -0.106. The fourth-order valence-electron chi connectivity index (χ4n) is 3.08. The second-order valence-corrected chi connectivity index (χ2v) is 6.50. The molecule has 0 fully saturated rings. The molecule has 116 valence electrons. The van der Waals surface area contributed by atoms with Crippen molar-refractivity contribution in [1.29, 1.82) is 0 Å². The lowest BCUT2D eigenvalue weighted by Gasteiger charge is -2.11. The van der Waals surface area contributed by atoms with Crippen LogP contribution in [0.1, 0.15) is 5.56 Å². The van der Waals surface area contributed by atoms with E-state index >= 15 is 0 Å². The number of hydrogen-bond donors (Lipinski definition) is 2. The van der Waals surface area contributed by atoms with Crippen LogP contribution in [0.3, 0.4) is 0 Å². The highest BCUT2D eigenvalue weighted by Gasteiger charge is 2.15. The molecule has 4 rings (SSSR count). The summed E-state index contributed by atoms with van der Waals surface area (Å²) in [6, 6.07) is 13.1. The first-order chi connectivity index (χ1) is 11.7. The molecule has 0 amide bonds. The van der Waals surface area contributed by atoms with Gasteiger partial charge in [-0.05, 0) is 34.7 Å². The summed E-state index contributed by atoms with van der Waals surface area (Å²) < 4.78 is 0.661. The van der Waals surface area contributed by atoms with Gasteiger partial charge in [-0.3, -0.25) is 4.79 Å². The molecule has 0 aliphatic carbocycles. The van der Waals surface area contributed by atoms with Gasteiger partial charge >= 0.3 is 0 Å². The third kappa shape index (κ3) is 2.18. The summed E-state index contributed by atoms with van der Waals surface area (Å²) in [5.41, 5.74) is 3.21.